The normalized spacial score (nSPS) is 18.8. The highest BCUT2D eigenvalue weighted by Crippen LogP contribution is 2.22. The van der Waals surface area contributed by atoms with E-state index in [4.69, 9.17) is 16.3 Å². The van der Waals surface area contributed by atoms with Crippen molar-refractivity contribution >= 4 is 11.6 Å². The summed E-state index contributed by atoms with van der Waals surface area (Å²) >= 11 is 6.04. The van der Waals surface area contributed by atoms with Crippen LogP contribution in [0.1, 0.15) is 24.5 Å². The molecule has 1 aliphatic rings. The van der Waals surface area contributed by atoms with Crippen molar-refractivity contribution < 1.29 is 9.84 Å². The van der Waals surface area contributed by atoms with E-state index in [0.717, 1.165) is 38.2 Å². The average molecular weight is 270 g/mol. The summed E-state index contributed by atoms with van der Waals surface area (Å²) in [5, 5.41) is 14.0. The van der Waals surface area contributed by atoms with Gasteiger partial charge in [0.2, 0.25) is 0 Å². The lowest BCUT2D eigenvalue weighted by molar-refractivity contribution is 0.0649. The van der Waals surface area contributed by atoms with Crippen LogP contribution in [-0.2, 0) is 4.74 Å². The summed E-state index contributed by atoms with van der Waals surface area (Å²) < 4.78 is 5.32. The Labute approximate surface area is 113 Å². The topological polar surface area (TPSA) is 41.5 Å². The maximum absolute atomic E-state index is 10.1. The molecule has 3 nitrogen and oxygen atoms in total. The molecule has 2 rings (SSSR count). The van der Waals surface area contributed by atoms with Crippen molar-refractivity contribution in [1.82, 2.24) is 5.32 Å². The molecule has 1 unspecified atom stereocenters. The molecule has 0 aliphatic carbocycles. The fourth-order valence-electron chi connectivity index (χ4n) is 2.23. The minimum absolute atomic E-state index is 0.543. The Balaban J connectivity index is 1.74. The van der Waals surface area contributed by atoms with Crippen molar-refractivity contribution in [1.29, 1.82) is 0 Å². The third-order valence-corrected chi connectivity index (χ3v) is 3.72. The fourth-order valence-corrected chi connectivity index (χ4v) is 2.49. The zero-order valence-corrected chi connectivity index (χ0v) is 11.2. The van der Waals surface area contributed by atoms with Crippen molar-refractivity contribution in [2.45, 2.75) is 18.9 Å². The van der Waals surface area contributed by atoms with Crippen LogP contribution >= 0.6 is 11.6 Å². The lowest BCUT2D eigenvalue weighted by Crippen LogP contribution is -2.30. The smallest absolute Gasteiger partial charge is 0.0928 e. The first kappa shape index (κ1) is 13.8. The van der Waals surface area contributed by atoms with Gasteiger partial charge >= 0.3 is 0 Å². The van der Waals surface area contributed by atoms with Crippen molar-refractivity contribution in [3.8, 4) is 0 Å². The van der Waals surface area contributed by atoms with Crippen molar-refractivity contribution in [2.24, 2.45) is 5.92 Å². The van der Waals surface area contributed by atoms with Crippen LogP contribution in [0.3, 0.4) is 0 Å². The molecule has 100 valence electrons. The first-order valence-electron chi connectivity index (χ1n) is 6.48. The number of hydrogen-bond donors (Lipinski definition) is 2. The number of aliphatic hydroxyl groups excluding tert-OH is 1. The molecule has 1 fully saturated rings. The van der Waals surface area contributed by atoms with E-state index in [9.17, 15) is 5.11 Å². The predicted octanol–water partition coefficient (Wildman–Crippen LogP) is 2.39. The van der Waals surface area contributed by atoms with E-state index in [-0.39, 0.29) is 0 Å². The highest BCUT2D eigenvalue weighted by molar-refractivity contribution is 6.31. The maximum Gasteiger partial charge on any atom is 0.0928 e. The van der Waals surface area contributed by atoms with Gasteiger partial charge < -0.3 is 15.2 Å². The molecule has 1 atom stereocenters. The van der Waals surface area contributed by atoms with E-state index in [0.29, 0.717) is 17.5 Å². The lowest BCUT2D eigenvalue weighted by Gasteiger charge is -2.23. The van der Waals surface area contributed by atoms with E-state index >= 15 is 0 Å². The van der Waals surface area contributed by atoms with E-state index < -0.39 is 6.10 Å². The summed E-state index contributed by atoms with van der Waals surface area (Å²) in [6, 6.07) is 7.43. The Bertz CT molecular complexity index is 367. The molecule has 4 heteroatoms. The van der Waals surface area contributed by atoms with Gasteiger partial charge in [0, 0.05) is 30.3 Å². The summed E-state index contributed by atoms with van der Waals surface area (Å²) in [4.78, 5) is 0. The second kappa shape index (κ2) is 7.10. The first-order valence-corrected chi connectivity index (χ1v) is 6.86. The summed E-state index contributed by atoms with van der Waals surface area (Å²) in [5.41, 5.74) is 0.790. The molecule has 1 aromatic carbocycles. The van der Waals surface area contributed by atoms with Gasteiger partial charge in [-0.05, 0) is 31.4 Å². The monoisotopic (exact) mass is 269 g/mol. The number of aliphatic hydroxyl groups is 1. The van der Waals surface area contributed by atoms with Crippen molar-refractivity contribution in [2.75, 3.05) is 26.3 Å². The fraction of sp³-hybridized carbons (Fsp3) is 0.571. The van der Waals surface area contributed by atoms with Crippen LogP contribution in [0.15, 0.2) is 24.3 Å². The Morgan fingerprint density at radius 3 is 2.78 bits per heavy atom. The molecule has 1 heterocycles. The van der Waals surface area contributed by atoms with Crippen LogP contribution in [0.2, 0.25) is 5.02 Å². The van der Waals surface area contributed by atoms with Gasteiger partial charge in [0.15, 0.2) is 0 Å². The summed E-state index contributed by atoms with van der Waals surface area (Å²) in [5.74, 6) is 0.664. The van der Waals surface area contributed by atoms with Gasteiger partial charge in [0.25, 0.3) is 0 Å². The molecule has 1 aromatic rings. The van der Waals surface area contributed by atoms with Crippen LogP contribution in [0, 0.1) is 5.92 Å². The second-order valence-electron chi connectivity index (χ2n) is 4.75. The third-order valence-electron chi connectivity index (χ3n) is 3.38. The summed E-state index contributed by atoms with van der Waals surface area (Å²) in [6.07, 6.45) is 1.67. The van der Waals surface area contributed by atoms with Crippen molar-refractivity contribution in [3.05, 3.63) is 34.9 Å². The minimum Gasteiger partial charge on any atom is -0.387 e. The molecule has 0 aromatic heterocycles. The number of hydrogen-bond acceptors (Lipinski definition) is 3. The molecule has 18 heavy (non-hydrogen) atoms. The Morgan fingerprint density at radius 1 is 1.33 bits per heavy atom. The molecular formula is C14H20ClNO2. The molecule has 2 N–H and O–H groups in total. The predicted molar refractivity (Wildman–Crippen MR) is 72.8 cm³/mol. The van der Waals surface area contributed by atoms with Gasteiger partial charge in [-0.25, -0.2) is 0 Å². The molecule has 0 radical (unpaired) electrons. The summed E-state index contributed by atoms with van der Waals surface area (Å²) in [7, 11) is 0. The molecule has 0 amide bonds. The van der Waals surface area contributed by atoms with E-state index in [2.05, 4.69) is 5.32 Å². The van der Waals surface area contributed by atoms with Gasteiger partial charge in [-0.15, -0.1) is 0 Å². The number of rotatable bonds is 5. The Kier molecular flexibility index (Phi) is 5.45. The number of benzene rings is 1. The molecule has 1 aliphatic heterocycles. The highest BCUT2D eigenvalue weighted by Gasteiger charge is 2.15. The number of ether oxygens (including phenoxy) is 1. The average Bonchev–Trinajstić information content (AvgIpc) is 2.40. The Morgan fingerprint density at radius 2 is 2.06 bits per heavy atom. The van der Waals surface area contributed by atoms with E-state index in [1.807, 2.05) is 18.2 Å². The van der Waals surface area contributed by atoms with Gasteiger partial charge in [-0.2, -0.15) is 0 Å². The number of nitrogens with one attached hydrogen (secondary N) is 1. The zero-order chi connectivity index (χ0) is 12.8. The standard InChI is InChI=1S/C14H20ClNO2/c15-13-4-2-1-3-12(13)14(17)10-16-9-11-5-7-18-8-6-11/h1-4,11,14,16-17H,5-10H2. The molecular weight excluding hydrogens is 250 g/mol. The maximum atomic E-state index is 10.1. The van der Waals surface area contributed by atoms with E-state index in [1.165, 1.54) is 0 Å². The van der Waals surface area contributed by atoms with Gasteiger partial charge in [0.05, 0.1) is 6.10 Å². The van der Waals surface area contributed by atoms with Crippen LogP contribution < -0.4 is 5.32 Å². The molecule has 0 spiro atoms. The zero-order valence-electron chi connectivity index (χ0n) is 10.4. The summed E-state index contributed by atoms with van der Waals surface area (Å²) in [6.45, 7) is 3.20. The van der Waals surface area contributed by atoms with Gasteiger partial charge in [-0.3, -0.25) is 0 Å². The minimum atomic E-state index is -0.543. The largest absolute Gasteiger partial charge is 0.387 e. The first-order chi connectivity index (χ1) is 8.77. The van der Waals surface area contributed by atoms with Crippen LogP contribution in [0.25, 0.3) is 0 Å². The van der Waals surface area contributed by atoms with Crippen LogP contribution in [0.4, 0.5) is 0 Å². The van der Waals surface area contributed by atoms with Gasteiger partial charge in [0.1, 0.15) is 0 Å². The SMILES string of the molecule is OC(CNCC1CCOCC1)c1ccccc1Cl. The van der Waals surface area contributed by atoms with Gasteiger partial charge in [-0.1, -0.05) is 29.8 Å². The van der Waals surface area contributed by atoms with Crippen LogP contribution in [0.5, 0.6) is 0 Å². The van der Waals surface area contributed by atoms with Crippen LogP contribution in [-0.4, -0.2) is 31.4 Å². The molecule has 0 saturated carbocycles. The van der Waals surface area contributed by atoms with E-state index in [1.54, 1.807) is 6.07 Å². The molecule has 1 saturated heterocycles. The highest BCUT2D eigenvalue weighted by atomic mass is 35.5. The Hall–Kier alpha value is -0.610. The molecule has 0 bridgehead atoms. The number of halogens is 1. The van der Waals surface area contributed by atoms with Crippen molar-refractivity contribution in [3.63, 3.8) is 0 Å². The quantitative estimate of drug-likeness (QED) is 0.862. The third kappa shape index (κ3) is 3.95. The second-order valence-corrected chi connectivity index (χ2v) is 5.16. The lowest BCUT2D eigenvalue weighted by atomic mass is 10.0.